The summed E-state index contributed by atoms with van der Waals surface area (Å²) in [5.41, 5.74) is 3.22. The molecule has 2 aromatic carbocycles. The summed E-state index contributed by atoms with van der Waals surface area (Å²) < 4.78 is 18.8. The maximum Gasteiger partial charge on any atom is 0.291 e. The van der Waals surface area contributed by atoms with E-state index >= 15 is 0 Å². The maximum absolute atomic E-state index is 13.3. The number of ketones is 1. The molecule has 3 rings (SSSR count). The first-order valence-electron chi connectivity index (χ1n) is 8.33. The molecule has 0 unspecified atom stereocenters. The summed E-state index contributed by atoms with van der Waals surface area (Å²) in [6, 6.07) is 10.9. The lowest BCUT2D eigenvalue weighted by Gasteiger charge is -2.08. The summed E-state index contributed by atoms with van der Waals surface area (Å²) >= 11 is 0. The molecule has 0 saturated carbocycles. The Morgan fingerprint density at radius 3 is 2.63 bits per heavy atom. The molecule has 0 aliphatic heterocycles. The molecule has 0 atom stereocenters. The Morgan fingerprint density at radius 2 is 1.93 bits per heavy atom. The molecule has 1 N–H and O–H groups in total. The maximum atomic E-state index is 13.3. The molecule has 1 heterocycles. The van der Waals surface area contributed by atoms with E-state index in [1.54, 1.807) is 18.2 Å². The van der Waals surface area contributed by atoms with Crippen LogP contribution in [0.4, 0.5) is 10.1 Å². The summed E-state index contributed by atoms with van der Waals surface area (Å²) in [6.07, 6.45) is 3.23. The first-order valence-corrected chi connectivity index (χ1v) is 8.33. The van der Waals surface area contributed by atoms with Crippen molar-refractivity contribution in [1.29, 1.82) is 0 Å². The second kappa shape index (κ2) is 7.41. The first kappa shape index (κ1) is 18.3. The number of allylic oxidation sites excluding steroid dienone is 2. The Kier molecular flexibility index (Phi) is 5.03. The van der Waals surface area contributed by atoms with Crippen molar-refractivity contribution >= 4 is 34.4 Å². The van der Waals surface area contributed by atoms with Crippen LogP contribution in [0.3, 0.4) is 0 Å². The molecule has 0 aliphatic rings. The Hall–Kier alpha value is -3.47. The van der Waals surface area contributed by atoms with Gasteiger partial charge < -0.3 is 9.73 Å². The number of carbonyl (C=O) groups is 2. The zero-order valence-corrected chi connectivity index (χ0v) is 15.0. The van der Waals surface area contributed by atoms with Crippen molar-refractivity contribution < 1.29 is 18.4 Å². The Balaban J connectivity index is 1.88. The lowest BCUT2D eigenvalue weighted by molar-refractivity contribution is -0.113. The fourth-order valence-electron chi connectivity index (χ4n) is 2.66. The van der Waals surface area contributed by atoms with Crippen LogP contribution >= 0.6 is 0 Å². The summed E-state index contributed by atoms with van der Waals surface area (Å²) in [5.74, 6) is -0.841. The quantitative estimate of drug-likeness (QED) is 0.495. The first-order chi connectivity index (χ1) is 12.9. The van der Waals surface area contributed by atoms with Crippen LogP contribution in [-0.4, -0.2) is 11.7 Å². The number of benzene rings is 2. The smallest absolute Gasteiger partial charge is 0.291 e. The van der Waals surface area contributed by atoms with Gasteiger partial charge in [-0.1, -0.05) is 18.7 Å². The minimum absolute atomic E-state index is 0.0868. The van der Waals surface area contributed by atoms with Gasteiger partial charge in [-0.3, -0.25) is 9.59 Å². The van der Waals surface area contributed by atoms with Gasteiger partial charge in [0.15, 0.2) is 11.5 Å². The molecule has 0 saturated heterocycles. The summed E-state index contributed by atoms with van der Waals surface area (Å²) in [6.45, 7) is 7.03. The predicted molar refractivity (Wildman–Crippen MR) is 104 cm³/mol. The van der Waals surface area contributed by atoms with Crippen molar-refractivity contribution in [2.75, 3.05) is 5.32 Å². The van der Waals surface area contributed by atoms with Crippen molar-refractivity contribution in [3.05, 3.63) is 83.4 Å². The molecular formula is C22H18FNO3. The van der Waals surface area contributed by atoms with Gasteiger partial charge in [-0.05, 0) is 67.4 Å². The minimum Gasteiger partial charge on any atom is -0.451 e. The van der Waals surface area contributed by atoms with Gasteiger partial charge >= 0.3 is 0 Å². The SMILES string of the molecule is C=C/C(=C\c1cc(NC(=O)c2cc3cc(F)ccc3o2)ccc1C)C(C)=O. The van der Waals surface area contributed by atoms with Gasteiger partial charge in [0.05, 0.1) is 0 Å². The molecule has 0 fully saturated rings. The lowest BCUT2D eigenvalue weighted by Crippen LogP contribution is -2.11. The van der Waals surface area contributed by atoms with E-state index in [0.29, 0.717) is 22.2 Å². The largest absolute Gasteiger partial charge is 0.451 e. The Labute approximate surface area is 156 Å². The molecule has 0 bridgehead atoms. The highest BCUT2D eigenvalue weighted by molar-refractivity contribution is 6.05. The van der Waals surface area contributed by atoms with Crippen LogP contribution in [0.1, 0.15) is 28.6 Å². The van der Waals surface area contributed by atoms with Crippen molar-refractivity contribution in [2.24, 2.45) is 0 Å². The number of fused-ring (bicyclic) bond motifs is 1. The van der Waals surface area contributed by atoms with Gasteiger partial charge in [-0.15, -0.1) is 0 Å². The highest BCUT2D eigenvalue weighted by Crippen LogP contribution is 2.23. The fraction of sp³-hybridized carbons (Fsp3) is 0.0909. The number of halogens is 1. The zero-order chi connectivity index (χ0) is 19.6. The highest BCUT2D eigenvalue weighted by atomic mass is 19.1. The monoisotopic (exact) mass is 363 g/mol. The van der Waals surface area contributed by atoms with E-state index in [0.717, 1.165) is 11.1 Å². The molecule has 5 heteroatoms. The molecule has 1 amide bonds. The number of anilines is 1. The second-order valence-electron chi connectivity index (χ2n) is 6.18. The normalized spacial score (nSPS) is 11.4. The van der Waals surface area contributed by atoms with Crippen LogP contribution in [-0.2, 0) is 4.79 Å². The average Bonchev–Trinajstić information content (AvgIpc) is 3.05. The van der Waals surface area contributed by atoms with Crippen molar-refractivity contribution in [2.45, 2.75) is 13.8 Å². The van der Waals surface area contributed by atoms with Gasteiger partial charge in [-0.2, -0.15) is 0 Å². The number of rotatable bonds is 5. The molecule has 136 valence electrons. The van der Waals surface area contributed by atoms with Gasteiger partial charge in [0.25, 0.3) is 5.91 Å². The van der Waals surface area contributed by atoms with E-state index in [2.05, 4.69) is 11.9 Å². The molecule has 4 nitrogen and oxygen atoms in total. The number of nitrogens with one attached hydrogen (secondary N) is 1. The number of aryl methyl sites for hydroxylation is 1. The minimum atomic E-state index is -0.444. The number of hydrogen-bond acceptors (Lipinski definition) is 3. The molecule has 3 aromatic rings. The molecule has 0 spiro atoms. The molecule has 27 heavy (non-hydrogen) atoms. The van der Waals surface area contributed by atoms with Gasteiger partial charge in [0.1, 0.15) is 11.4 Å². The third-order valence-corrected chi connectivity index (χ3v) is 4.18. The van der Waals surface area contributed by atoms with Gasteiger partial charge in [-0.25, -0.2) is 4.39 Å². The van der Waals surface area contributed by atoms with E-state index < -0.39 is 11.7 Å². The van der Waals surface area contributed by atoms with Crippen LogP contribution < -0.4 is 5.32 Å². The topological polar surface area (TPSA) is 59.3 Å². The van der Waals surface area contributed by atoms with Gasteiger partial charge in [0.2, 0.25) is 0 Å². The number of carbonyl (C=O) groups excluding carboxylic acids is 2. The molecule has 0 aliphatic carbocycles. The summed E-state index contributed by atoms with van der Waals surface area (Å²) in [5, 5.41) is 3.27. The zero-order valence-electron chi connectivity index (χ0n) is 15.0. The second-order valence-corrected chi connectivity index (χ2v) is 6.18. The Bertz CT molecular complexity index is 1090. The van der Waals surface area contributed by atoms with Crippen molar-refractivity contribution in [3.63, 3.8) is 0 Å². The van der Waals surface area contributed by atoms with E-state index in [4.69, 9.17) is 4.42 Å². The van der Waals surface area contributed by atoms with Crippen LogP contribution in [0.15, 0.2) is 65.1 Å². The molecular weight excluding hydrogens is 345 g/mol. The van der Waals surface area contributed by atoms with E-state index in [1.165, 1.54) is 37.3 Å². The molecule has 0 radical (unpaired) electrons. The van der Waals surface area contributed by atoms with Crippen LogP contribution in [0.25, 0.3) is 17.0 Å². The fourth-order valence-corrected chi connectivity index (χ4v) is 2.66. The standard InChI is InChI=1S/C22H18FNO3/c1-4-15(14(3)25)9-16-11-19(7-5-13(16)2)24-22(26)21-12-17-10-18(23)6-8-20(17)27-21/h4-12H,1H2,2-3H3,(H,24,26)/b15-9+. The average molecular weight is 363 g/mol. The van der Waals surface area contributed by atoms with Gasteiger partial charge in [0, 0.05) is 16.6 Å². The van der Waals surface area contributed by atoms with E-state index in [1.807, 2.05) is 13.0 Å². The number of furan rings is 1. The summed E-state index contributed by atoms with van der Waals surface area (Å²) in [7, 11) is 0. The highest BCUT2D eigenvalue weighted by Gasteiger charge is 2.13. The third-order valence-electron chi connectivity index (χ3n) is 4.18. The number of Topliss-reactive ketones (excluding diaryl/α,β-unsaturated/α-hetero) is 1. The molecule has 1 aromatic heterocycles. The van der Waals surface area contributed by atoms with Crippen molar-refractivity contribution in [3.8, 4) is 0 Å². The third kappa shape index (κ3) is 4.03. The number of amides is 1. The van der Waals surface area contributed by atoms with Crippen LogP contribution in [0.2, 0.25) is 0 Å². The van der Waals surface area contributed by atoms with Crippen molar-refractivity contribution in [1.82, 2.24) is 0 Å². The van der Waals surface area contributed by atoms with Crippen LogP contribution in [0.5, 0.6) is 0 Å². The summed E-state index contributed by atoms with van der Waals surface area (Å²) in [4.78, 5) is 24.1. The van der Waals surface area contributed by atoms with E-state index in [9.17, 15) is 14.0 Å². The number of hydrogen-bond donors (Lipinski definition) is 1. The Morgan fingerprint density at radius 1 is 1.15 bits per heavy atom. The van der Waals surface area contributed by atoms with E-state index in [-0.39, 0.29) is 11.5 Å². The predicted octanol–water partition coefficient (Wildman–Crippen LogP) is 5.29. The lowest BCUT2D eigenvalue weighted by atomic mass is 10.0. The van der Waals surface area contributed by atoms with Crippen LogP contribution in [0, 0.1) is 12.7 Å².